The van der Waals surface area contributed by atoms with Gasteiger partial charge in [-0.05, 0) is 31.2 Å². The monoisotopic (exact) mass is 432 g/mol. The summed E-state index contributed by atoms with van der Waals surface area (Å²) < 4.78 is 16.4. The minimum Gasteiger partial charge on any atom is -0.508 e. The SMILES string of the molecule is C[C@@H]1O[C@@H](Oc2ccc(-c3oc4cc(O)cc(O)c4c(=O)c3O)cc2)[C@H](O)[C@H](O)[C@H]1O. The molecule has 4 rings (SSSR count). The molecule has 1 saturated heterocycles. The van der Waals surface area contributed by atoms with Crippen LogP contribution in [0.3, 0.4) is 0 Å². The van der Waals surface area contributed by atoms with E-state index < -0.39 is 47.6 Å². The summed E-state index contributed by atoms with van der Waals surface area (Å²) in [6.45, 7) is 1.53. The standard InChI is InChI=1S/C21H20O10/c1-8-15(24)17(26)19(28)21(29-8)30-11-4-2-9(3-5-11)20-18(27)16(25)14-12(23)6-10(22)7-13(14)31-20/h2-8,15,17,19,21-24,26-28H,1H3/t8-,15-,17+,19+,21-/m0/s1. The molecular weight excluding hydrogens is 412 g/mol. The summed E-state index contributed by atoms with van der Waals surface area (Å²) in [6, 6.07) is 7.94. The Hall–Kier alpha value is -3.31. The lowest BCUT2D eigenvalue weighted by atomic mass is 10.00. The highest BCUT2D eigenvalue weighted by atomic mass is 16.7. The number of aromatic hydroxyl groups is 3. The molecule has 0 amide bonds. The van der Waals surface area contributed by atoms with Gasteiger partial charge in [-0.2, -0.15) is 0 Å². The summed E-state index contributed by atoms with van der Waals surface area (Å²) in [5, 5.41) is 59.2. The molecule has 1 aromatic heterocycles. The van der Waals surface area contributed by atoms with Gasteiger partial charge in [0.15, 0.2) is 5.76 Å². The minimum atomic E-state index is -1.48. The molecule has 5 atom stereocenters. The molecule has 0 unspecified atom stereocenters. The van der Waals surface area contributed by atoms with Crippen molar-refractivity contribution in [2.24, 2.45) is 0 Å². The Bertz CT molecular complexity index is 1170. The number of fused-ring (bicyclic) bond motifs is 1. The van der Waals surface area contributed by atoms with Crippen molar-refractivity contribution in [3.05, 3.63) is 46.6 Å². The predicted molar refractivity (Wildman–Crippen MR) is 106 cm³/mol. The Morgan fingerprint density at radius 2 is 1.61 bits per heavy atom. The highest BCUT2D eigenvalue weighted by Crippen LogP contribution is 2.35. The third kappa shape index (κ3) is 3.66. The largest absolute Gasteiger partial charge is 0.508 e. The van der Waals surface area contributed by atoms with Crippen LogP contribution in [0.1, 0.15) is 6.92 Å². The number of rotatable bonds is 3. The number of benzene rings is 2. The maximum Gasteiger partial charge on any atom is 0.238 e. The third-order valence-corrected chi connectivity index (χ3v) is 5.11. The zero-order chi connectivity index (χ0) is 22.4. The van der Waals surface area contributed by atoms with Crippen LogP contribution in [-0.4, -0.2) is 61.3 Å². The Morgan fingerprint density at radius 3 is 2.29 bits per heavy atom. The summed E-state index contributed by atoms with van der Waals surface area (Å²) in [4.78, 5) is 12.4. The Balaban J connectivity index is 1.64. The molecule has 1 aliphatic rings. The molecule has 2 heterocycles. The minimum absolute atomic E-state index is 0.115. The number of aliphatic hydroxyl groups is 3. The van der Waals surface area contributed by atoms with Gasteiger partial charge in [0.25, 0.3) is 0 Å². The number of phenolic OH excluding ortho intramolecular Hbond substituents is 2. The van der Waals surface area contributed by atoms with E-state index in [0.717, 1.165) is 12.1 Å². The normalized spacial score (nSPS) is 26.1. The molecule has 6 N–H and O–H groups in total. The molecule has 3 aromatic rings. The van der Waals surface area contributed by atoms with Crippen molar-refractivity contribution >= 4 is 11.0 Å². The molecule has 2 aromatic carbocycles. The summed E-state index contributed by atoms with van der Waals surface area (Å²) in [5.41, 5.74) is -0.689. The maximum absolute atomic E-state index is 12.4. The lowest BCUT2D eigenvalue weighted by molar-refractivity contribution is -0.268. The van der Waals surface area contributed by atoms with Crippen LogP contribution in [0.15, 0.2) is 45.6 Å². The third-order valence-electron chi connectivity index (χ3n) is 5.11. The molecular formula is C21H20O10. The van der Waals surface area contributed by atoms with Crippen molar-refractivity contribution in [2.75, 3.05) is 0 Å². The quantitative estimate of drug-likeness (QED) is 0.348. The molecule has 0 bridgehead atoms. The predicted octanol–water partition coefficient (Wildman–Crippen LogP) is 0.783. The average Bonchev–Trinajstić information content (AvgIpc) is 2.73. The van der Waals surface area contributed by atoms with Crippen molar-refractivity contribution in [3.8, 4) is 34.3 Å². The summed E-state index contributed by atoms with van der Waals surface area (Å²) >= 11 is 0. The van der Waals surface area contributed by atoms with Crippen LogP contribution >= 0.6 is 0 Å². The van der Waals surface area contributed by atoms with Crippen LogP contribution < -0.4 is 10.2 Å². The van der Waals surface area contributed by atoms with E-state index >= 15 is 0 Å². The zero-order valence-corrected chi connectivity index (χ0v) is 16.2. The molecule has 1 aliphatic heterocycles. The van der Waals surface area contributed by atoms with E-state index in [-0.39, 0.29) is 28.2 Å². The van der Waals surface area contributed by atoms with Gasteiger partial charge in [-0.3, -0.25) is 4.79 Å². The van der Waals surface area contributed by atoms with Crippen molar-refractivity contribution in [3.63, 3.8) is 0 Å². The molecule has 0 radical (unpaired) electrons. The summed E-state index contributed by atoms with van der Waals surface area (Å²) in [6.07, 6.45) is -6.16. The Kier molecular flexibility index (Phi) is 5.23. The van der Waals surface area contributed by atoms with E-state index in [2.05, 4.69) is 0 Å². The molecule has 1 fully saturated rings. The molecule has 0 saturated carbocycles. The van der Waals surface area contributed by atoms with E-state index in [4.69, 9.17) is 13.9 Å². The maximum atomic E-state index is 12.4. The van der Waals surface area contributed by atoms with Gasteiger partial charge in [0.2, 0.25) is 17.5 Å². The first-order chi connectivity index (χ1) is 14.7. The van der Waals surface area contributed by atoms with Gasteiger partial charge >= 0.3 is 0 Å². The van der Waals surface area contributed by atoms with Gasteiger partial charge in [-0.25, -0.2) is 0 Å². The van der Waals surface area contributed by atoms with Gasteiger partial charge < -0.3 is 44.5 Å². The molecule has 31 heavy (non-hydrogen) atoms. The summed E-state index contributed by atoms with van der Waals surface area (Å²) in [7, 11) is 0. The first-order valence-electron chi connectivity index (χ1n) is 9.36. The van der Waals surface area contributed by atoms with Crippen LogP contribution in [0.2, 0.25) is 0 Å². The van der Waals surface area contributed by atoms with Gasteiger partial charge in [0.05, 0.1) is 6.10 Å². The second kappa shape index (κ2) is 7.75. The fourth-order valence-electron chi connectivity index (χ4n) is 3.40. The molecule has 164 valence electrons. The van der Waals surface area contributed by atoms with Crippen molar-refractivity contribution in [1.82, 2.24) is 0 Å². The van der Waals surface area contributed by atoms with Crippen LogP contribution in [-0.2, 0) is 4.74 Å². The Labute approximate surface area is 174 Å². The number of ether oxygens (including phenoxy) is 2. The van der Waals surface area contributed by atoms with Gasteiger partial charge in [0, 0.05) is 17.7 Å². The van der Waals surface area contributed by atoms with E-state index in [1.807, 2.05) is 0 Å². The average molecular weight is 432 g/mol. The van der Waals surface area contributed by atoms with Gasteiger partial charge in [-0.1, -0.05) is 0 Å². The number of hydrogen-bond acceptors (Lipinski definition) is 10. The van der Waals surface area contributed by atoms with Crippen molar-refractivity contribution in [1.29, 1.82) is 0 Å². The highest BCUT2D eigenvalue weighted by Gasteiger charge is 2.43. The first kappa shape index (κ1) is 20.9. The fraction of sp³-hybridized carbons (Fsp3) is 0.286. The van der Waals surface area contributed by atoms with Crippen LogP contribution in [0, 0.1) is 0 Å². The van der Waals surface area contributed by atoms with Crippen molar-refractivity contribution in [2.45, 2.75) is 37.6 Å². The van der Waals surface area contributed by atoms with Crippen LogP contribution in [0.25, 0.3) is 22.3 Å². The smallest absolute Gasteiger partial charge is 0.238 e. The summed E-state index contributed by atoms with van der Waals surface area (Å²) in [5.74, 6) is -1.51. The zero-order valence-electron chi connectivity index (χ0n) is 16.2. The number of aliphatic hydroxyl groups excluding tert-OH is 3. The molecule has 0 aliphatic carbocycles. The lowest BCUT2D eigenvalue weighted by Gasteiger charge is -2.38. The topological polar surface area (TPSA) is 170 Å². The number of hydrogen-bond donors (Lipinski definition) is 6. The molecule has 10 heteroatoms. The highest BCUT2D eigenvalue weighted by molar-refractivity contribution is 5.88. The first-order valence-corrected chi connectivity index (χ1v) is 9.36. The Morgan fingerprint density at radius 1 is 0.935 bits per heavy atom. The van der Waals surface area contributed by atoms with E-state index in [0.29, 0.717) is 5.56 Å². The lowest BCUT2D eigenvalue weighted by Crippen LogP contribution is -2.58. The second-order valence-corrected chi connectivity index (χ2v) is 7.27. The fourth-order valence-corrected chi connectivity index (χ4v) is 3.40. The molecule has 0 spiro atoms. The van der Waals surface area contributed by atoms with E-state index in [1.54, 1.807) is 0 Å². The number of phenols is 2. The van der Waals surface area contributed by atoms with Gasteiger partial charge in [0.1, 0.15) is 46.5 Å². The van der Waals surface area contributed by atoms with Crippen LogP contribution in [0.4, 0.5) is 0 Å². The van der Waals surface area contributed by atoms with E-state index in [1.165, 1.54) is 31.2 Å². The van der Waals surface area contributed by atoms with E-state index in [9.17, 15) is 35.4 Å². The van der Waals surface area contributed by atoms with Gasteiger partial charge in [-0.15, -0.1) is 0 Å². The molecule has 10 nitrogen and oxygen atoms in total. The van der Waals surface area contributed by atoms with Crippen LogP contribution in [0.5, 0.6) is 23.0 Å². The van der Waals surface area contributed by atoms with Crippen molar-refractivity contribution < 1.29 is 44.5 Å². The second-order valence-electron chi connectivity index (χ2n) is 7.27.